The van der Waals surface area contributed by atoms with Gasteiger partial charge in [-0.1, -0.05) is 12.1 Å². The molecule has 2 rings (SSSR count). The normalized spacial score (nSPS) is 12.7. The highest BCUT2D eigenvalue weighted by atomic mass is 32.2. The summed E-state index contributed by atoms with van der Waals surface area (Å²) in [6, 6.07) is 10.1. The van der Waals surface area contributed by atoms with Gasteiger partial charge in [-0.05, 0) is 54.8 Å². The van der Waals surface area contributed by atoms with Crippen molar-refractivity contribution in [2.24, 2.45) is 0 Å². The third-order valence-corrected chi connectivity index (χ3v) is 5.46. The van der Waals surface area contributed by atoms with Crippen molar-refractivity contribution in [3.8, 4) is 11.5 Å². The van der Waals surface area contributed by atoms with Crippen LogP contribution in [0, 0.1) is 13.8 Å². The van der Waals surface area contributed by atoms with E-state index in [1.54, 1.807) is 36.4 Å². The van der Waals surface area contributed by atoms with Crippen LogP contribution in [-0.2, 0) is 10.0 Å². The Balaban J connectivity index is 2.20. The van der Waals surface area contributed by atoms with Gasteiger partial charge in [0.05, 0.1) is 20.3 Å². The Morgan fingerprint density at radius 2 is 1.76 bits per heavy atom. The van der Waals surface area contributed by atoms with Gasteiger partial charge in [0.25, 0.3) is 0 Å². The molecule has 7 heteroatoms. The monoisotopic (exact) mass is 365 g/mol. The number of hydrogen-bond acceptors (Lipinski definition) is 5. The maximum absolute atomic E-state index is 12.6. The fourth-order valence-electron chi connectivity index (χ4n) is 2.37. The first-order chi connectivity index (χ1) is 11.8. The van der Waals surface area contributed by atoms with Crippen LogP contribution in [0.2, 0.25) is 0 Å². The first-order valence-corrected chi connectivity index (χ1v) is 9.23. The third kappa shape index (κ3) is 4.50. The maximum Gasteiger partial charge on any atom is 0.244 e. The predicted molar refractivity (Wildman–Crippen MR) is 95.6 cm³/mol. The van der Waals surface area contributed by atoms with E-state index in [4.69, 9.17) is 9.47 Å². The van der Waals surface area contributed by atoms with Crippen molar-refractivity contribution in [1.82, 2.24) is 4.72 Å². The molecule has 2 N–H and O–H groups in total. The molecular formula is C18H23NO5S. The highest BCUT2D eigenvalue weighted by Gasteiger charge is 2.22. The van der Waals surface area contributed by atoms with E-state index < -0.39 is 16.1 Å². The molecule has 6 nitrogen and oxygen atoms in total. The number of nitrogens with one attached hydrogen (secondary N) is 1. The van der Waals surface area contributed by atoms with Gasteiger partial charge in [-0.3, -0.25) is 0 Å². The molecule has 0 heterocycles. The largest absolute Gasteiger partial charge is 0.497 e. The molecule has 0 saturated heterocycles. The Morgan fingerprint density at radius 1 is 1.08 bits per heavy atom. The topological polar surface area (TPSA) is 84.9 Å². The summed E-state index contributed by atoms with van der Waals surface area (Å²) in [6.45, 7) is 3.55. The quantitative estimate of drug-likeness (QED) is 0.787. The molecule has 0 amide bonds. The Bertz CT molecular complexity index is 849. The van der Waals surface area contributed by atoms with Crippen LogP contribution >= 0.6 is 0 Å². The summed E-state index contributed by atoms with van der Waals surface area (Å²) in [5.41, 5.74) is 2.34. The number of hydrogen-bond donors (Lipinski definition) is 2. The molecule has 1 atom stereocenters. The van der Waals surface area contributed by atoms with Crippen molar-refractivity contribution in [2.75, 3.05) is 20.8 Å². The van der Waals surface area contributed by atoms with Crippen LogP contribution in [0.25, 0.3) is 0 Å². The van der Waals surface area contributed by atoms with Crippen molar-refractivity contribution in [2.45, 2.75) is 24.8 Å². The van der Waals surface area contributed by atoms with Crippen LogP contribution in [0.3, 0.4) is 0 Å². The van der Waals surface area contributed by atoms with Gasteiger partial charge in [-0.15, -0.1) is 0 Å². The van der Waals surface area contributed by atoms with Crippen LogP contribution in [0.4, 0.5) is 0 Å². The maximum atomic E-state index is 12.6. The Labute approximate surface area is 148 Å². The summed E-state index contributed by atoms with van der Waals surface area (Å²) < 4.78 is 37.9. The van der Waals surface area contributed by atoms with E-state index in [0.29, 0.717) is 11.3 Å². The van der Waals surface area contributed by atoms with Crippen molar-refractivity contribution in [3.05, 3.63) is 53.1 Å². The number of ether oxygens (including phenoxy) is 2. The Kier molecular flexibility index (Phi) is 6.05. The van der Waals surface area contributed by atoms with Gasteiger partial charge in [0.15, 0.2) is 0 Å². The van der Waals surface area contributed by atoms with Gasteiger partial charge < -0.3 is 14.6 Å². The molecule has 0 radical (unpaired) electrons. The molecule has 0 aliphatic carbocycles. The molecule has 0 saturated carbocycles. The number of aliphatic hydroxyl groups is 1. The molecular weight excluding hydrogens is 342 g/mol. The van der Waals surface area contributed by atoms with Crippen molar-refractivity contribution < 1.29 is 23.0 Å². The average molecular weight is 365 g/mol. The van der Waals surface area contributed by atoms with E-state index in [2.05, 4.69) is 4.72 Å². The number of sulfonamides is 1. The Morgan fingerprint density at radius 3 is 2.40 bits per heavy atom. The molecule has 0 aromatic heterocycles. The van der Waals surface area contributed by atoms with Crippen molar-refractivity contribution >= 4 is 10.0 Å². The SMILES string of the molecule is COc1cccc(C(O)CNS(=O)(=O)c2cc(C)c(C)cc2OC)c1. The fourth-order valence-corrected chi connectivity index (χ4v) is 3.64. The van der Waals surface area contributed by atoms with Crippen LogP contribution in [0.5, 0.6) is 11.5 Å². The minimum Gasteiger partial charge on any atom is -0.497 e. The molecule has 1 unspecified atom stereocenters. The summed E-state index contributed by atoms with van der Waals surface area (Å²) in [6.07, 6.45) is -0.998. The third-order valence-electron chi connectivity index (χ3n) is 4.01. The van der Waals surface area contributed by atoms with E-state index in [9.17, 15) is 13.5 Å². The van der Waals surface area contributed by atoms with Crippen molar-refractivity contribution in [1.29, 1.82) is 0 Å². The molecule has 0 fully saturated rings. The molecule has 2 aromatic carbocycles. The zero-order valence-electron chi connectivity index (χ0n) is 14.7. The zero-order chi connectivity index (χ0) is 18.6. The summed E-state index contributed by atoms with van der Waals surface area (Å²) in [5, 5.41) is 10.3. The standard InChI is InChI=1S/C18H23NO5S/c1-12-8-17(24-4)18(9-13(12)2)25(21,22)19-11-16(20)14-6-5-7-15(10-14)23-3/h5-10,16,19-20H,11H2,1-4H3. The van der Waals surface area contributed by atoms with Gasteiger partial charge in [0.1, 0.15) is 16.4 Å². The summed E-state index contributed by atoms with van der Waals surface area (Å²) in [4.78, 5) is 0.0518. The number of aryl methyl sites for hydroxylation is 2. The molecule has 0 bridgehead atoms. The smallest absolute Gasteiger partial charge is 0.244 e. The number of benzene rings is 2. The first-order valence-electron chi connectivity index (χ1n) is 7.75. The lowest BCUT2D eigenvalue weighted by molar-refractivity contribution is 0.181. The highest BCUT2D eigenvalue weighted by Crippen LogP contribution is 2.27. The van der Waals surface area contributed by atoms with Crippen molar-refractivity contribution in [3.63, 3.8) is 0 Å². The van der Waals surface area contributed by atoms with Gasteiger partial charge in [0, 0.05) is 6.54 Å². The summed E-state index contributed by atoms with van der Waals surface area (Å²) in [5.74, 6) is 0.863. The highest BCUT2D eigenvalue weighted by molar-refractivity contribution is 7.89. The Hall–Kier alpha value is -2.09. The average Bonchev–Trinajstić information content (AvgIpc) is 2.61. The first kappa shape index (κ1) is 19.2. The molecule has 0 aliphatic heterocycles. The van der Waals surface area contributed by atoms with Crippen LogP contribution in [0.15, 0.2) is 41.3 Å². The van der Waals surface area contributed by atoms with Crippen LogP contribution < -0.4 is 14.2 Å². The number of aliphatic hydroxyl groups excluding tert-OH is 1. The van der Waals surface area contributed by atoms with Crippen LogP contribution in [0.1, 0.15) is 22.8 Å². The van der Waals surface area contributed by atoms with Gasteiger partial charge in [-0.25, -0.2) is 13.1 Å². The van der Waals surface area contributed by atoms with Gasteiger partial charge in [-0.2, -0.15) is 0 Å². The zero-order valence-corrected chi connectivity index (χ0v) is 15.6. The molecule has 0 aliphatic rings. The summed E-state index contributed by atoms with van der Waals surface area (Å²) in [7, 11) is -0.874. The van der Waals surface area contributed by atoms with Crippen LogP contribution in [-0.4, -0.2) is 34.3 Å². The molecule has 0 spiro atoms. The van der Waals surface area contributed by atoms with E-state index in [0.717, 1.165) is 11.1 Å². The molecule has 25 heavy (non-hydrogen) atoms. The van der Waals surface area contributed by atoms with E-state index in [1.807, 2.05) is 13.8 Å². The second-order valence-electron chi connectivity index (χ2n) is 5.73. The lowest BCUT2D eigenvalue weighted by Gasteiger charge is -2.16. The minimum atomic E-state index is -3.83. The number of rotatable bonds is 7. The second kappa shape index (κ2) is 7.86. The lowest BCUT2D eigenvalue weighted by Crippen LogP contribution is -2.29. The molecule has 2 aromatic rings. The van der Waals surface area contributed by atoms with E-state index in [-0.39, 0.29) is 17.2 Å². The molecule has 136 valence electrons. The van der Waals surface area contributed by atoms with E-state index in [1.165, 1.54) is 14.2 Å². The van der Waals surface area contributed by atoms with E-state index >= 15 is 0 Å². The minimum absolute atomic E-state index is 0.0518. The van der Waals surface area contributed by atoms with Gasteiger partial charge >= 0.3 is 0 Å². The second-order valence-corrected chi connectivity index (χ2v) is 7.47. The predicted octanol–water partition coefficient (Wildman–Crippen LogP) is 2.33. The summed E-state index contributed by atoms with van der Waals surface area (Å²) >= 11 is 0. The number of methoxy groups -OCH3 is 2. The lowest BCUT2D eigenvalue weighted by atomic mass is 10.1. The fraction of sp³-hybridized carbons (Fsp3) is 0.333. The van der Waals surface area contributed by atoms with Gasteiger partial charge in [0.2, 0.25) is 10.0 Å².